The summed E-state index contributed by atoms with van der Waals surface area (Å²) < 4.78 is 4.82. The van der Waals surface area contributed by atoms with Gasteiger partial charge >= 0.3 is 0 Å². The van der Waals surface area contributed by atoms with E-state index < -0.39 is 6.10 Å². The predicted octanol–water partition coefficient (Wildman–Crippen LogP) is 0.657. The lowest BCUT2D eigenvalue weighted by atomic mass is 10.1. The number of rotatable bonds is 5. The van der Waals surface area contributed by atoms with Crippen LogP contribution in [0.2, 0.25) is 0 Å². The van der Waals surface area contributed by atoms with Crippen LogP contribution in [-0.4, -0.2) is 49.3 Å². The van der Waals surface area contributed by atoms with Crippen molar-refractivity contribution in [2.75, 3.05) is 33.0 Å². The maximum Gasteiger partial charge on any atom is 0.253 e. The van der Waals surface area contributed by atoms with Crippen LogP contribution in [0.5, 0.6) is 0 Å². The summed E-state index contributed by atoms with van der Waals surface area (Å²) in [5, 5.41) is 9.58. The molecule has 0 saturated heterocycles. The van der Waals surface area contributed by atoms with Crippen LogP contribution in [0.25, 0.3) is 0 Å². The van der Waals surface area contributed by atoms with Crippen molar-refractivity contribution in [3.05, 3.63) is 29.3 Å². The number of hydrogen-bond donors (Lipinski definition) is 2. The third-order valence-corrected chi connectivity index (χ3v) is 2.71. The predicted molar refractivity (Wildman–Crippen MR) is 70.4 cm³/mol. The topological polar surface area (TPSA) is 75.8 Å². The van der Waals surface area contributed by atoms with Gasteiger partial charge in [-0.05, 0) is 30.7 Å². The van der Waals surface area contributed by atoms with Crippen LogP contribution in [0.4, 0.5) is 5.69 Å². The lowest BCUT2D eigenvalue weighted by Gasteiger charge is -2.20. The Kier molecular flexibility index (Phi) is 5.12. The molecule has 0 fully saturated rings. The molecule has 1 amide bonds. The molecule has 1 unspecified atom stereocenters. The number of nitrogens with two attached hydrogens (primary N) is 1. The fourth-order valence-corrected chi connectivity index (χ4v) is 1.67. The molecule has 18 heavy (non-hydrogen) atoms. The van der Waals surface area contributed by atoms with Crippen molar-refractivity contribution in [2.45, 2.75) is 13.0 Å². The molecule has 1 rings (SSSR count). The van der Waals surface area contributed by atoms with Crippen LogP contribution >= 0.6 is 0 Å². The largest absolute Gasteiger partial charge is 0.399 e. The fraction of sp³-hybridized carbons (Fsp3) is 0.462. The maximum absolute atomic E-state index is 12.1. The molecule has 1 aromatic rings. The maximum atomic E-state index is 12.1. The highest BCUT2D eigenvalue weighted by molar-refractivity contribution is 5.94. The van der Waals surface area contributed by atoms with Crippen molar-refractivity contribution in [3.8, 4) is 0 Å². The van der Waals surface area contributed by atoms with Gasteiger partial charge in [0.15, 0.2) is 0 Å². The molecule has 0 aliphatic carbocycles. The van der Waals surface area contributed by atoms with Gasteiger partial charge in [-0.25, -0.2) is 0 Å². The molecule has 0 aromatic heterocycles. The van der Waals surface area contributed by atoms with E-state index in [9.17, 15) is 9.90 Å². The van der Waals surface area contributed by atoms with Crippen LogP contribution in [0, 0.1) is 6.92 Å². The normalized spacial score (nSPS) is 12.2. The second kappa shape index (κ2) is 6.37. The van der Waals surface area contributed by atoms with Crippen LogP contribution in [0.15, 0.2) is 18.2 Å². The van der Waals surface area contributed by atoms with Gasteiger partial charge in [-0.1, -0.05) is 0 Å². The van der Waals surface area contributed by atoms with Crippen molar-refractivity contribution in [2.24, 2.45) is 0 Å². The Hall–Kier alpha value is -1.59. The number of hydrogen-bond acceptors (Lipinski definition) is 4. The lowest BCUT2D eigenvalue weighted by molar-refractivity contribution is 0.0380. The third-order valence-electron chi connectivity index (χ3n) is 2.71. The molecule has 1 atom stereocenters. The van der Waals surface area contributed by atoms with Crippen molar-refractivity contribution >= 4 is 11.6 Å². The van der Waals surface area contributed by atoms with Gasteiger partial charge in [-0.15, -0.1) is 0 Å². The highest BCUT2D eigenvalue weighted by Crippen LogP contribution is 2.14. The second-order valence-corrected chi connectivity index (χ2v) is 4.37. The van der Waals surface area contributed by atoms with Crippen molar-refractivity contribution in [1.82, 2.24) is 4.90 Å². The number of methoxy groups -OCH3 is 1. The number of amides is 1. The molecule has 0 aliphatic rings. The number of aliphatic hydroxyl groups excluding tert-OH is 1. The first kappa shape index (κ1) is 14.5. The average molecular weight is 252 g/mol. The number of ether oxygens (including phenoxy) is 1. The third kappa shape index (κ3) is 3.72. The Morgan fingerprint density at radius 1 is 1.56 bits per heavy atom. The Morgan fingerprint density at radius 2 is 2.22 bits per heavy atom. The minimum atomic E-state index is -0.682. The number of aryl methyl sites for hydroxylation is 1. The number of carbonyl (C=O) groups is 1. The van der Waals surface area contributed by atoms with Gasteiger partial charge in [-0.3, -0.25) is 4.79 Å². The van der Waals surface area contributed by atoms with Crippen molar-refractivity contribution in [1.29, 1.82) is 0 Å². The van der Waals surface area contributed by atoms with Crippen LogP contribution < -0.4 is 5.73 Å². The molecule has 0 radical (unpaired) electrons. The summed E-state index contributed by atoms with van der Waals surface area (Å²) in [5.41, 5.74) is 7.80. The molecule has 1 aromatic carbocycles. The van der Waals surface area contributed by atoms with Gasteiger partial charge < -0.3 is 20.5 Å². The summed E-state index contributed by atoms with van der Waals surface area (Å²) in [6.45, 7) is 2.29. The van der Waals surface area contributed by atoms with E-state index in [0.717, 1.165) is 5.56 Å². The van der Waals surface area contributed by atoms with E-state index in [4.69, 9.17) is 10.5 Å². The summed E-state index contributed by atoms with van der Waals surface area (Å²) in [7, 11) is 3.15. The SMILES string of the molecule is COCC(O)CN(C)C(=O)c1ccc(N)c(C)c1. The smallest absolute Gasteiger partial charge is 0.253 e. The number of likely N-dealkylation sites (N-methyl/N-ethyl adjacent to an activating group) is 1. The molecule has 0 saturated carbocycles. The minimum Gasteiger partial charge on any atom is -0.399 e. The fourth-order valence-electron chi connectivity index (χ4n) is 1.67. The Bertz CT molecular complexity index is 421. The van der Waals surface area contributed by atoms with Gasteiger partial charge in [0.05, 0.1) is 12.7 Å². The highest BCUT2D eigenvalue weighted by atomic mass is 16.5. The summed E-state index contributed by atoms with van der Waals surface area (Å²) >= 11 is 0. The Balaban J connectivity index is 2.71. The summed E-state index contributed by atoms with van der Waals surface area (Å²) in [6, 6.07) is 5.14. The van der Waals surface area contributed by atoms with Crippen molar-refractivity contribution in [3.63, 3.8) is 0 Å². The van der Waals surface area contributed by atoms with E-state index in [1.54, 1.807) is 25.2 Å². The number of nitrogens with zero attached hydrogens (tertiary/aromatic N) is 1. The van der Waals surface area contributed by atoms with Crippen LogP contribution in [0.1, 0.15) is 15.9 Å². The first-order chi connectivity index (χ1) is 8.45. The lowest BCUT2D eigenvalue weighted by Crippen LogP contribution is -2.36. The molecule has 0 spiro atoms. The van der Waals surface area contributed by atoms with Gasteiger partial charge in [-0.2, -0.15) is 0 Å². The van der Waals surface area contributed by atoms with Crippen LogP contribution in [0.3, 0.4) is 0 Å². The first-order valence-corrected chi connectivity index (χ1v) is 5.74. The van der Waals surface area contributed by atoms with E-state index >= 15 is 0 Å². The standard InChI is InChI=1S/C13H20N2O3/c1-9-6-10(4-5-12(9)14)13(17)15(2)7-11(16)8-18-3/h4-6,11,16H,7-8,14H2,1-3H3. The molecule has 0 heterocycles. The van der Waals surface area contributed by atoms with Gasteiger partial charge in [0, 0.05) is 32.0 Å². The van der Waals surface area contributed by atoms with E-state index in [1.807, 2.05) is 6.92 Å². The quantitative estimate of drug-likeness (QED) is 0.755. The van der Waals surface area contributed by atoms with E-state index in [0.29, 0.717) is 11.3 Å². The monoisotopic (exact) mass is 252 g/mol. The van der Waals surface area contributed by atoms with E-state index in [-0.39, 0.29) is 19.1 Å². The molecule has 5 nitrogen and oxygen atoms in total. The number of nitrogen functional groups attached to an aromatic ring is 1. The number of aliphatic hydroxyl groups is 1. The molecule has 3 N–H and O–H groups in total. The zero-order chi connectivity index (χ0) is 13.7. The average Bonchev–Trinajstić information content (AvgIpc) is 2.32. The molecule has 5 heteroatoms. The Labute approximate surface area is 107 Å². The van der Waals surface area contributed by atoms with E-state index in [1.165, 1.54) is 12.0 Å². The van der Waals surface area contributed by atoms with Gasteiger partial charge in [0.1, 0.15) is 0 Å². The number of carbonyl (C=O) groups excluding carboxylic acids is 1. The van der Waals surface area contributed by atoms with Gasteiger partial charge in [0.25, 0.3) is 5.91 Å². The highest BCUT2D eigenvalue weighted by Gasteiger charge is 2.15. The van der Waals surface area contributed by atoms with E-state index in [2.05, 4.69) is 0 Å². The molecule has 0 bridgehead atoms. The second-order valence-electron chi connectivity index (χ2n) is 4.37. The van der Waals surface area contributed by atoms with Crippen molar-refractivity contribution < 1.29 is 14.6 Å². The minimum absolute atomic E-state index is 0.145. The summed E-state index contributed by atoms with van der Waals surface area (Å²) in [4.78, 5) is 13.5. The number of benzene rings is 1. The molecular formula is C13H20N2O3. The Morgan fingerprint density at radius 3 is 2.78 bits per heavy atom. The van der Waals surface area contributed by atoms with Gasteiger partial charge in [0.2, 0.25) is 0 Å². The zero-order valence-corrected chi connectivity index (χ0v) is 11.0. The molecular weight excluding hydrogens is 232 g/mol. The van der Waals surface area contributed by atoms with Crippen LogP contribution in [-0.2, 0) is 4.74 Å². The zero-order valence-electron chi connectivity index (χ0n) is 11.0. The summed E-state index contributed by atoms with van der Waals surface area (Å²) in [5.74, 6) is -0.145. The molecule has 100 valence electrons. The first-order valence-electron chi connectivity index (χ1n) is 5.74. The molecule has 0 aliphatic heterocycles. The summed E-state index contributed by atoms with van der Waals surface area (Å²) in [6.07, 6.45) is -0.682. The number of anilines is 1.